The van der Waals surface area contributed by atoms with E-state index in [0.29, 0.717) is 0 Å². The molecule has 2 aromatic carbocycles. The molecule has 0 aromatic heterocycles. The largest absolute Gasteiger partial charge is 0.457 e. The standard InChI is InChI=1S/C20H22FNO5S/c1-14-11-22(12-15(2)27-14)28(24,25)18-8-5-7-16(10-18)20(23)26-13-17-6-3-4-9-19(17)21/h3-10,14-15H,11-13H2,1-2H3/t14-,15+. The highest BCUT2D eigenvalue weighted by molar-refractivity contribution is 7.89. The number of hydrogen-bond donors (Lipinski definition) is 0. The Morgan fingerprint density at radius 3 is 2.50 bits per heavy atom. The van der Waals surface area contributed by atoms with Crippen LogP contribution in [0.25, 0.3) is 0 Å². The first-order chi connectivity index (χ1) is 13.3. The van der Waals surface area contributed by atoms with Gasteiger partial charge in [-0.2, -0.15) is 4.31 Å². The van der Waals surface area contributed by atoms with Gasteiger partial charge in [-0.3, -0.25) is 0 Å². The summed E-state index contributed by atoms with van der Waals surface area (Å²) < 4.78 is 51.6. The van der Waals surface area contributed by atoms with E-state index >= 15 is 0 Å². The summed E-state index contributed by atoms with van der Waals surface area (Å²) in [5, 5.41) is 0. The van der Waals surface area contributed by atoms with Crippen LogP contribution in [-0.4, -0.2) is 44.0 Å². The third-order valence-corrected chi connectivity index (χ3v) is 6.24. The molecule has 8 heteroatoms. The lowest BCUT2D eigenvalue weighted by Crippen LogP contribution is -2.48. The van der Waals surface area contributed by atoms with E-state index in [0.717, 1.165) is 0 Å². The lowest BCUT2D eigenvalue weighted by Gasteiger charge is -2.34. The number of halogens is 1. The van der Waals surface area contributed by atoms with Gasteiger partial charge < -0.3 is 9.47 Å². The van der Waals surface area contributed by atoms with Gasteiger partial charge in [0.15, 0.2) is 0 Å². The molecule has 1 fully saturated rings. The van der Waals surface area contributed by atoms with Crippen molar-refractivity contribution in [3.63, 3.8) is 0 Å². The first-order valence-electron chi connectivity index (χ1n) is 8.93. The van der Waals surface area contributed by atoms with Crippen molar-refractivity contribution in [3.05, 3.63) is 65.5 Å². The van der Waals surface area contributed by atoms with Crippen molar-refractivity contribution in [2.45, 2.75) is 37.6 Å². The minimum atomic E-state index is -3.77. The second kappa shape index (κ2) is 8.38. The van der Waals surface area contributed by atoms with E-state index in [4.69, 9.17) is 9.47 Å². The minimum absolute atomic E-state index is 0.00846. The van der Waals surface area contributed by atoms with E-state index in [1.165, 1.54) is 40.7 Å². The molecule has 1 heterocycles. The number of morpholine rings is 1. The molecular formula is C20H22FNO5S. The smallest absolute Gasteiger partial charge is 0.338 e. The van der Waals surface area contributed by atoms with Crippen molar-refractivity contribution in [1.82, 2.24) is 4.31 Å². The summed E-state index contributed by atoms with van der Waals surface area (Å²) >= 11 is 0. The number of sulfonamides is 1. The van der Waals surface area contributed by atoms with Crippen molar-refractivity contribution >= 4 is 16.0 Å². The fraction of sp³-hybridized carbons (Fsp3) is 0.350. The van der Waals surface area contributed by atoms with Crippen molar-refractivity contribution < 1.29 is 27.1 Å². The normalized spacial score (nSPS) is 20.7. The molecule has 1 aliphatic rings. The maximum Gasteiger partial charge on any atom is 0.338 e. The van der Waals surface area contributed by atoms with Gasteiger partial charge in [0.2, 0.25) is 10.0 Å². The molecule has 2 atom stereocenters. The summed E-state index contributed by atoms with van der Waals surface area (Å²) in [4.78, 5) is 12.3. The molecule has 0 spiro atoms. The van der Waals surface area contributed by atoms with Gasteiger partial charge in [-0.15, -0.1) is 0 Å². The molecule has 2 aromatic rings. The summed E-state index contributed by atoms with van der Waals surface area (Å²) in [6, 6.07) is 11.7. The number of ether oxygens (including phenoxy) is 2. The number of esters is 1. The van der Waals surface area contributed by atoms with Gasteiger partial charge in [0, 0.05) is 18.7 Å². The lowest BCUT2D eigenvalue weighted by molar-refractivity contribution is -0.0440. The average molecular weight is 407 g/mol. The van der Waals surface area contributed by atoms with Crippen LogP contribution >= 0.6 is 0 Å². The van der Waals surface area contributed by atoms with E-state index in [1.807, 2.05) is 13.8 Å². The fourth-order valence-corrected chi connectivity index (χ4v) is 4.74. The molecule has 0 radical (unpaired) electrons. The maximum absolute atomic E-state index is 13.6. The molecule has 0 amide bonds. The van der Waals surface area contributed by atoms with Gasteiger partial charge >= 0.3 is 5.97 Å². The first kappa shape index (κ1) is 20.4. The molecule has 3 rings (SSSR count). The minimum Gasteiger partial charge on any atom is -0.457 e. The molecule has 0 unspecified atom stereocenters. The van der Waals surface area contributed by atoms with Gasteiger partial charge in [-0.05, 0) is 38.1 Å². The van der Waals surface area contributed by atoms with Crippen LogP contribution < -0.4 is 0 Å². The lowest BCUT2D eigenvalue weighted by atomic mass is 10.2. The molecule has 150 valence electrons. The van der Waals surface area contributed by atoms with E-state index in [1.54, 1.807) is 12.1 Å². The van der Waals surface area contributed by atoms with Crippen molar-refractivity contribution in [1.29, 1.82) is 0 Å². The highest BCUT2D eigenvalue weighted by Crippen LogP contribution is 2.22. The summed E-state index contributed by atoms with van der Waals surface area (Å²) in [6.07, 6.45) is -0.431. The third-order valence-electron chi connectivity index (χ3n) is 4.41. The Bertz CT molecular complexity index is 953. The van der Waals surface area contributed by atoms with Gasteiger partial charge in [0.05, 0.1) is 22.7 Å². The zero-order valence-corrected chi connectivity index (χ0v) is 16.5. The van der Waals surface area contributed by atoms with Gasteiger partial charge in [-0.1, -0.05) is 24.3 Å². The quantitative estimate of drug-likeness (QED) is 0.713. The third kappa shape index (κ3) is 4.57. The summed E-state index contributed by atoms with van der Waals surface area (Å²) in [5.74, 6) is -1.19. The van der Waals surface area contributed by atoms with Crippen LogP contribution in [0.3, 0.4) is 0 Å². The highest BCUT2D eigenvalue weighted by Gasteiger charge is 2.32. The van der Waals surface area contributed by atoms with Crippen LogP contribution in [0.15, 0.2) is 53.4 Å². The topological polar surface area (TPSA) is 72.9 Å². The molecule has 6 nitrogen and oxygen atoms in total. The van der Waals surface area contributed by atoms with Crippen LogP contribution in [0.4, 0.5) is 4.39 Å². The van der Waals surface area contributed by atoms with Crippen molar-refractivity contribution in [3.8, 4) is 0 Å². The van der Waals surface area contributed by atoms with Crippen LogP contribution in [0.1, 0.15) is 29.8 Å². The second-order valence-corrected chi connectivity index (χ2v) is 8.71. The molecule has 0 saturated carbocycles. The fourth-order valence-electron chi connectivity index (χ4n) is 3.10. The maximum atomic E-state index is 13.6. The Kier molecular flexibility index (Phi) is 6.12. The Hall–Kier alpha value is -2.29. The number of hydrogen-bond acceptors (Lipinski definition) is 5. The van der Waals surface area contributed by atoms with Crippen LogP contribution in [0.2, 0.25) is 0 Å². The zero-order valence-electron chi connectivity index (χ0n) is 15.7. The van der Waals surface area contributed by atoms with Gasteiger partial charge in [0.25, 0.3) is 0 Å². The monoisotopic (exact) mass is 407 g/mol. The summed E-state index contributed by atoms with van der Waals surface area (Å²) in [7, 11) is -3.77. The second-order valence-electron chi connectivity index (χ2n) is 6.77. The number of rotatable bonds is 5. The molecule has 0 aliphatic carbocycles. The van der Waals surface area contributed by atoms with E-state index in [-0.39, 0.29) is 47.9 Å². The van der Waals surface area contributed by atoms with E-state index < -0.39 is 21.8 Å². The van der Waals surface area contributed by atoms with E-state index in [9.17, 15) is 17.6 Å². The van der Waals surface area contributed by atoms with Crippen molar-refractivity contribution in [2.75, 3.05) is 13.1 Å². The molecule has 0 N–H and O–H groups in total. The van der Waals surface area contributed by atoms with Crippen LogP contribution in [0.5, 0.6) is 0 Å². The Labute approximate surface area is 163 Å². The molecule has 28 heavy (non-hydrogen) atoms. The van der Waals surface area contributed by atoms with Crippen LogP contribution in [0, 0.1) is 5.82 Å². The molecular weight excluding hydrogens is 385 g/mol. The van der Waals surface area contributed by atoms with Gasteiger partial charge in [-0.25, -0.2) is 17.6 Å². The Morgan fingerprint density at radius 1 is 1.14 bits per heavy atom. The SMILES string of the molecule is C[C@@H]1CN(S(=O)(=O)c2cccc(C(=O)OCc3ccccc3F)c2)C[C@H](C)O1. The number of carbonyl (C=O) groups excluding carboxylic acids is 1. The molecule has 0 bridgehead atoms. The summed E-state index contributed by atoms with van der Waals surface area (Å²) in [6.45, 7) is 3.88. The molecule has 1 aliphatic heterocycles. The highest BCUT2D eigenvalue weighted by atomic mass is 32.2. The molecule has 1 saturated heterocycles. The Morgan fingerprint density at radius 2 is 1.82 bits per heavy atom. The Balaban J connectivity index is 1.76. The van der Waals surface area contributed by atoms with Gasteiger partial charge in [0.1, 0.15) is 12.4 Å². The predicted octanol–water partition coefficient (Wildman–Crippen LogP) is 2.98. The average Bonchev–Trinajstić information content (AvgIpc) is 2.66. The zero-order chi connectivity index (χ0) is 20.3. The number of benzene rings is 2. The van der Waals surface area contributed by atoms with Crippen molar-refractivity contribution in [2.24, 2.45) is 0 Å². The predicted molar refractivity (Wildman–Crippen MR) is 101 cm³/mol. The summed E-state index contributed by atoms with van der Waals surface area (Å²) in [5.41, 5.74) is 0.336. The van der Waals surface area contributed by atoms with Crippen LogP contribution in [-0.2, 0) is 26.1 Å². The van der Waals surface area contributed by atoms with E-state index in [2.05, 4.69) is 0 Å². The first-order valence-corrected chi connectivity index (χ1v) is 10.4. The number of carbonyl (C=O) groups is 1. The number of nitrogens with zero attached hydrogens (tertiary/aromatic N) is 1.